The summed E-state index contributed by atoms with van der Waals surface area (Å²) in [6.45, 7) is 0. The second kappa shape index (κ2) is 5.69. The van der Waals surface area contributed by atoms with Gasteiger partial charge in [-0.3, -0.25) is 0 Å². The van der Waals surface area contributed by atoms with Gasteiger partial charge in [0.2, 0.25) is 5.75 Å². The molecule has 0 atom stereocenters. The van der Waals surface area contributed by atoms with Gasteiger partial charge >= 0.3 is 0 Å². The van der Waals surface area contributed by atoms with Crippen molar-refractivity contribution in [3.63, 3.8) is 0 Å². The summed E-state index contributed by atoms with van der Waals surface area (Å²) in [4.78, 5) is 7.71. The molecule has 0 bridgehead atoms. The first-order chi connectivity index (χ1) is 9.02. The number of nitrogens with two attached hydrogens (primary N) is 1. The monoisotopic (exact) mass is 319 g/mol. The van der Waals surface area contributed by atoms with Crippen molar-refractivity contribution in [1.29, 1.82) is 0 Å². The first kappa shape index (κ1) is 14.0. The molecule has 0 aliphatic carbocycles. The summed E-state index contributed by atoms with van der Waals surface area (Å²) >= 11 is 17.7. The number of methoxy groups -OCH3 is 1. The number of ether oxygens (including phenoxy) is 2. The van der Waals surface area contributed by atoms with Crippen LogP contribution in [0.15, 0.2) is 18.5 Å². The predicted octanol–water partition coefficient (Wildman–Crippen LogP) is 3.82. The summed E-state index contributed by atoms with van der Waals surface area (Å²) in [5.74, 6) is 0.788. The smallest absolute Gasteiger partial charge is 0.268 e. The first-order valence-corrected chi connectivity index (χ1v) is 6.13. The Hall–Kier alpha value is -1.43. The highest BCUT2D eigenvalue weighted by molar-refractivity contribution is 6.43. The Bertz CT molecular complexity index is 622. The Morgan fingerprint density at radius 3 is 2.42 bits per heavy atom. The van der Waals surface area contributed by atoms with Gasteiger partial charge in [-0.25, -0.2) is 4.98 Å². The lowest BCUT2D eigenvalue weighted by Crippen LogP contribution is -2.00. The van der Waals surface area contributed by atoms with Crippen molar-refractivity contribution >= 4 is 40.6 Å². The van der Waals surface area contributed by atoms with Crippen molar-refractivity contribution in [3.8, 4) is 17.4 Å². The van der Waals surface area contributed by atoms with Crippen LogP contribution in [0, 0.1) is 0 Å². The molecule has 0 aliphatic rings. The van der Waals surface area contributed by atoms with E-state index in [2.05, 4.69) is 9.97 Å². The molecule has 1 aromatic heterocycles. The van der Waals surface area contributed by atoms with Crippen molar-refractivity contribution in [1.82, 2.24) is 9.97 Å². The number of hydrogen-bond donors (Lipinski definition) is 1. The zero-order valence-electron chi connectivity index (χ0n) is 9.65. The number of nitrogens with zero attached hydrogens (tertiary/aromatic N) is 2. The third-order valence-corrected chi connectivity index (χ3v) is 3.20. The maximum atomic E-state index is 6.00. The van der Waals surface area contributed by atoms with Gasteiger partial charge in [0, 0.05) is 6.07 Å². The fourth-order valence-electron chi connectivity index (χ4n) is 1.32. The van der Waals surface area contributed by atoms with Crippen molar-refractivity contribution in [2.45, 2.75) is 0 Å². The number of aromatic nitrogens is 2. The third kappa shape index (κ3) is 2.94. The van der Waals surface area contributed by atoms with E-state index in [1.807, 2.05) is 0 Å². The van der Waals surface area contributed by atoms with Crippen LogP contribution in [0.1, 0.15) is 0 Å². The lowest BCUT2D eigenvalue weighted by atomic mass is 10.3. The van der Waals surface area contributed by atoms with Crippen molar-refractivity contribution in [2.75, 3.05) is 12.8 Å². The van der Waals surface area contributed by atoms with Gasteiger partial charge in [0.25, 0.3) is 5.88 Å². The van der Waals surface area contributed by atoms with Gasteiger partial charge in [-0.05, 0) is 6.07 Å². The number of halogens is 3. The molecule has 0 unspecified atom stereocenters. The van der Waals surface area contributed by atoms with E-state index >= 15 is 0 Å². The van der Waals surface area contributed by atoms with E-state index in [4.69, 9.17) is 50.0 Å². The largest absolute Gasteiger partial charge is 0.489 e. The van der Waals surface area contributed by atoms with E-state index in [9.17, 15) is 0 Å². The standard InChI is InChI=1S/C11H8Cl3N3O2/c1-18-9-10(15)16-4-17-11(9)19-8-3-6(13)5(12)2-7(8)14/h2-4H,1H3,(H2,15,16,17). The molecule has 0 fully saturated rings. The van der Waals surface area contributed by atoms with E-state index in [0.29, 0.717) is 10.0 Å². The van der Waals surface area contributed by atoms with Gasteiger partial charge in [-0.2, -0.15) is 4.98 Å². The number of rotatable bonds is 3. The average Bonchev–Trinajstić information content (AvgIpc) is 2.36. The second-order valence-electron chi connectivity index (χ2n) is 3.40. The van der Waals surface area contributed by atoms with Gasteiger partial charge in [0.15, 0.2) is 5.82 Å². The number of nitrogen functional groups attached to an aromatic ring is 1. The lowest BCUT2D eigenvalue weighted by molar-refractivity contribution is 0.369. The first-order valence-electron chi connectivity index (χ1n) is 4.99. The van der Waals surface area contributed by atoms with E-state index < -0.39 is 0 Å². The zero-order valence-corrected chi connectivity index (χ0v) is 11.9. The second-order valence-corrected chi connectivity index (χ2v) is 4.62. The molecule has 0 amide bonds. The maximum Gasteiger partial charge on any atom is 0.268 e. The summed E-state index contributed by atoms with van der Waals surface area (Å²) in [5, 5.41) is 0.920. The van der Waals surface area contributed by atoms with Crippen LogP contribution >= 0.6 is 34.8 Å². The Labute approximate surface area is 124 Å². The van der Waals surface area contributed by atoms with Crippen molar-refractivity contribution < 1.29 is 9.47 Å². The molecule has 5 nitrogen and oxygen atoms in total. The number of anilines is 1. The fourth-order valence-corrected chi connectivity index (χ4v) is 1.90. The molecule has 1 aromatic carbocycles. The van der Waals surface area contributed by atoms with Crippen LogP contribution in [-0.2, 0) is 0 Å². The molecule has 0 radical (unpaired) electrons. The molecule has 1 heterocycles. The summed E-state index contributed by atoms with van der Waals surface area (Å²) in [6, 6.07) is 2.95. The van der Waals surface area contributed by atoms with E-state index in [1.165, 1.54) is 25.6 Å². The van der Waals surface area contributed by atoms with Crippen LogP contribution in [0.2, 0.25) is 15.1 Å². The van der Waals surface area contributed by atoms with Crippen LogP contribution in [0.4, 0.5) is 5.82 Å². The van der Waals surface area contributed by atoms with E-state index in [0.717, 1.165) is 0 Å². The molecule has 8 heteroatoms. The zero-order chi connectivity index (χ0) is 14.0. The third-order valence-electron chi connectivity index (χ3n) is 2.18. The van der Waals surface area contributed by atoms with Crippen LogP contribution in [0.5, 0.6) is 17.4 Å². The maximum absolute atomic E-state index is 6.00. The molecular formula is C11H8Cl3N3O2. The summed E-state index contributed by atoms with van der Waals surface area (Å²) in [6.07, 6.45) is 1.25. The summed E-state index contributed by atoms with van der Waals surface area (Å²) < 4.78 is 10.6. The van der Waals surface area contributed by atoms with Gasteiger partial charge < -0.3 is 15.2 Å². The van der Waals surface area contributed by atoms with Gasteiger partial charge in [0.05, 0.1) is 22.2 Å². The molecule has 0 saturated heterocycles. The van der Waals surface area contributed by atoms with Crippen LogP contribution < -0.4 is 15.2 Å². The molecule has 0 saturated carbocycles. The van der Waals surface area contributed by atoms with Gasteiger partial charge in [-0.1, -0.05) is 34.8 Å². The predicted molar refractivity (Wildman–Crippen MR) is 74.5 cm³/mol. The van der Waals surface area contributed by atoms with E-state index in [1.54, 1.807) is 0 Å². The molecule has 2 rings (SSSR count). The highest BCUT2D eigenvalue weighted by Crippen LogP contribution is 2.39. The quantitative estimate of drug-likeness (QED) is 0.871. The van der Waals surface area contributed by atoms with Crippen LogP contribution in [0.3, 0.4) is 0 Å². The molecule has 19 heavy (non-hydrogen) atoms. The van der Waals surface area contributed by atoms with Gasteiger partial charge in [-0.15, -0.1) is 0 Å². The lowest BCUT2D eigenvalue weighted by Gasteiger charge is -2.11. The highest BCUT2D eigenvalue weighted by Gasteiger charge is 2.15. The fraction of sp³-hybridized carbons (Fsp3) is 0.0909. The Morgan fingerprint density at radius 2 is 1.74 bits per heavy atom. The van der Waals surface area contributed by atoms with Crippen LogP contribution in [-0.4, -0.2) is 17.1 Å². The van der Waals surface area contributed by atoms with Gasteiger partial charge in [0.1, 0.15) is 12.1 Å². The normalized spacial score (nSPS) is 10.3. The topological polar surface area (TPSA) is 70.3 Å². The Morgan fingerprint density at radius 1 is 1.05 bits per heavy atom. The summed E-state index contributed by atoms with van der Waals surface area (Å²) in [5.41, 5.74) is 5.64. The molecule has 2 aromatic rings. The molecule has 0 aliphatic heterocycles. The molecule has 2 N–H and O–H groups in total. The highest BCUT2D eigenvalue weighted by atomic mass is 35.5. The SMILES string of the molecule is COc1c(N)ncnc1Oc1cc(Cl)c(Cl)cc1Cl. The summed E-state index contributed by atoms with van der Waals surface area (Å²) in [7, 11) is 1.43. The Balaban J connectivity index is 2.42. The number of benzene rings is 1. The minimum Gasteiger partial charge on any atom is -0.489 e. The Kier molecular flexibility index (Phi) is 4.19. The number of hydrogen-bond acceptors (Lipinski definition) is 5. The molecular weight excluding hydrogens is 312 g/mol. The van der Waals surface area contributed by atoms with Crippen molar-refractivity contribution in [3.05, 3.63) is 33.5 Å². The van der Waals surface area contributed by atoms with Crippen LogP contribution in [0.25, 0.3) is 0 Å². The molecule has 0 spiro atoms. The molecule has 100 valence electrons. The average molecular weight is 321 g/mol. The van der Waals surface area contributed by atoms with E-state index in [-0.39, 0.29) is 28.2 Å². The van der Waals surface area contributed by atoms with Crippen molar-refractivity contribution in [2.24, 2.45) is 0 Å². The minimum absolute atomic E-state index is 0.135. The minimum atomic E-state index is 0.135.